The van der Waals surface area contributed by atoms with Crippen molar-refractivity contribution in [3.8, 4) is 5.75 Å². The number of allylic oxidation sites excluding steroid dienone is 1. The predicted molar refractivity (Wildman–Crippen MR) is 126 cm³/mol. The molecule has 0 unspecified atom stereocenters. The van der Waals surface area contributed by atoms with Crippen LogP contribution in [0.1, 0.15) is 74.8 Å². The fourth-order valence-electron chi connectivity index (χ4n) is 4.48. The molecule has 0 aromatic heterocycles. The lowest BCUT2D eigenvalue weighted by atomic mass is 9.62. The summed E-state index contributed by atoms with van der Waals surface area (Å²) < 4.78 is 5.39. The highest BCUT2D eigenvalue weighted by Gasteiger charge is 2.37. The molecule has 0 saturated heterocycles. The molecule has 0 aliphatic heterocycles. The highest BCUT2D eigenvalue weighted by molar-refractivity contribution is 5.83. The first-order valence-electron chi connectivity index (χ1n) is 10.8. The minimum absolute atomic E-state index is 0.180. The summed E-state index contributed by atoms with van der Waals surface area (Å²) in [6.07, 6.45) is 5.18. The first-order chi connectivity index (χ1) is 14.0. The SMILES string of the molecule is C=CC(=O)Oc1ccccc1CCC(=C)c1cc2c(cc1C)C(C)(C)CCC2(C)C. The van der Waals surface area contributed by atoms with Gasteiger partial charge in [-0.05, 0) is 82.9 Å². The van der Waals surface area contributed by atoms with Gasteiger partial charge in [0.05, 0.1) is 0 Å². The van der Waals surface area contributed by atoms with Crippen molar-refractivity contribution in [2.24, 2.45) is 0 Å². The lowest BCUT2D eigenvalue weighted by Gasteiger charge is -2.42. The number of esters is 1. The Morgan fingerprint density at radius 2 is 1.67 bits per heavy atom. The second kappa shape index (κ2) is 8.26. The van der Waals surface area contributed by atoms with E-state index in [4.69, 9.17) is 4.74 Å². The summed E-state index contributed by atoms with van der Waals surface area (Å²) in [7, 11) is 0. The van der Waals surface area contributed by atoms with Crippen LogP contribution in [0.3, 0.4) is 0 Å². The summed E-state index contributed by atoms with van der Waals surface area (Å²) in [5, 5.41) is 0. The number of benzene rings is 2. The number of carbonyl (C=O) groups excluding carboxylic acids is 1. The Morgan fingerprint density at radius 3 is 2.30 bits per heavy atom. The molecular formula is C28H34O2. The van der Waals surface area contributed by atoms with Gasteiger partial charge in [0, 0.05) is 6.08 Å². The van der Waals surface area contributed by atoms with Crippen molar-refractivity contribution in [3.05, 3.63) is 83.4 Å². The topological polar surface area (TPSA) is 26.3 Å². The van der Waals surface area contributed by atoms with Crippen molar-refractivity contribution in [2.75, 3.05) is 0 Å². The van der Waals surface area contributed by atoms with Gasteiger partial charge >= 0.3 is 5.97 Å². The molecule has 0 amide bonds. The van der Waals surface area contributed by atoms with Crippen molar-refractivity contribution >= 4 is 11.5 Å². The van der Waals surface area contributed by atoms with Crippen molar-refractivity contribution in [1.82, 2.24) is 0 Å². The highest BCUT2D eigenvalue weighted by Crippen LogP contribution is 2.47. The summed E-state index contributed by atoms with van der Waals surface area (Å²) in [5.41, 5.74) is 8.00. The summed E-state index contributed by atoms with van der Waals surface area (Å²) in [6, 6.07) is 12.5. The van der Waals surface area contributed by atoms with Crippen molar-refractivity contribution < 1.29 is 9.53 Å². The maximum Gasteiger partial charge on any atom is 0.335 e. The van der Waals surface area contributed by atoms with Gasteiger partial charge in [-0.15, -0.1) is 0 Å². The molecule has 0 bridgehead atoms. The van der Waals surface area contributed by atoms with Crippen LogP contribution in [-0.4, -0.2) is 5.97 Å². The predicted octanol–water partition coefficient (Wildman–Crippen LogP) is 7.08. The number of fused-ring (bicyclic) bond motifs is 1. The summed E-state index contributed by atoms with van der Waals surface area (Å²) in [5.74, 6) is 0.164. The Morgan fingerprint density at radius 1 is 1.07 bits per heavy atom. The van der Waals surface area contributed by atoms with E-state index < -0.39 is 5.97 Å². The third kappa shape index (κ3) is 4.43. The fourth-order valence-corrected chi connectivity index (χ4v) is 4.48. The zero-order valence-electron chi connectivity index (χ0n) is 19.1. The van der Waals surface area contributed by atoms with Crippen LogP contribution < -0.4 is 4.74 Å². The van der Waals surface area contributed by atoms with Gasteiger partial charge < -0.3 is 4.74 Å². The third-order valence-electron chi connectivity index (χ3n) is 6.62. The molecule has 2 nitrogen and oxygen atoms in total. The highest BCUT2D eigenvalue weighted by atomic mass is 16.5. The Kier molecular flexibility index (Phi) is 6.08. The minimum atomic E-state index is -0.434. The first-order valence-corrected chi connectivity index (χ1v) is 10.8. The molecule has 2 heteroatoms. The number of rotatable bonds is 6. The molecule has 0 fully saturated rings. The molecule has 3 rings (SSSR count). The van der Waals surface area contributed by atoms with Crippen molar-refractivity contribution in [2.45, 2.75) is 71.1 Å². The summed E-state index contributed by atoms with van der Waals surface area (Å²) >= 11 is 0. The second-order valence-electron chi connectivity index (χ2n) is 9.82. The van der Waals surface area contributed by atoms with Crippen LogP contribution in [0.2, 0.25) is 0 Å². The van der Waals surface area contributed by atoms with E-state index in [0.29, 0.717) is 5.75 Å². The van der Waals surface area contributed by atoms with Gasteiger partial charge in [0.2, 0.25) is 0 Å². The monoisotopic (exact) mass is 402 g/mol. The molecule has 2 aromatic rings. The van der Waals surface area contributed by atoms with Gasteiger partial charge in [-0.3, -0.25) is 0 Å². The van der Waals surface area contributed by atoms with Gasteiger partial charge in [0.1, 0.15) is 5.75 Å². The fraction of sp³-hybridized carbons (Fsp3) is 0.393. The lowest BCUT2D eigenvalue weighted by molar-refractivity contribution is -0.129. The minimum Gasteiger partial charge on any atom is -0.423 e. The Hall–Kier alpha value is -2.61. The number of aryl methyl sites for hydroxylation is 2. The maximum atomic E-state index is 11.6. The maximum absolute atomic E-state index is 11.6. The van der Waals surface area contributed by atoms with Crippen LogP contribution in [0.4, 0.5) is 0 Å². The molecule has 0 spiro atoms. The van der Waals surface area contributed by atoms with Crippen molar-refractivity contribution in [1.29, 1.82) is 0 Å². The van der Waals surface area contributed by atoms with Gasteiger partial charge in [-0.25, -0.2) is 4.79 Å². The molecule has 1 aliphatic rings. The molecular weight excluding hydrogens is 368 g/mol. The largest absolute Gasteiger partial charge is 0.423 e. The standard InChI is InChI=1S/C28H34O2/c1-8-26(29)30-25-12-10-9-11-21(25)14-13-19(2)22-18-24-23(17-20(22)3)27(4,5)15-16-28(24,6)7/h8-12,17-18H,1-2,13-16H2,3-7H3. The molecule has 0 atom stereocenters. The molecule has 0 saturated carbocycles. The average molecular weight is 403 g/mol. The Labute approximate surface area is 181 Å². The van der Waals surface area contributed by atoms with E-state index in [-0.39, 0.29) is 10.8 Å². The first kappa shape index (κ1) is 22.1. The number of hydrogen-bond acceptors (Lipinski definition) is 2. The molecule has 2 aromatic carbocycles. The van der Waals surface area contributed by atoms with E-state index in [1.165, 1.54) is 41.2 Å². The number of carbonyl (C=O) groups is 1. The van der Waals surface area contributed by atoms with Gasteiger partial charge in [0.25, 0.3) is 0 Å². The number of para-hydroxylation sites is 1. The van der Waals surface area contributed by atoms with Crippen molar-refractivity contribution in [3.63, 3.8) is 0 Å². The molecule has 158 valence electrons. The molecule has 1 aliphatic carbocycles. The van der Waals surface area contributed by atoms with Gasteiger partial charge in [-0.1, -0.05) is 71.2 Å². The van der Waals surface area contributed by atoms with E-state index in [1.54, 1.807) is 0 Å². The zero-order chi connectivity index (χ0) is 22.1. The smallest absolute Gasteiger partial charge is 0.335 e. The number of ether oxygens (including phenoxy) is 1. The van der Waals surface area contributed by atoms with Gasteiger partial charge in [0.15, 0.2) is 0 Å². The molecule has 0 radical (unpaired) electrons. The Balaban J connectivity index is 1.86. The molecule has 0 heterocycles. The summed E-state index contributed by atoms with van der Waals surface area (Å²) in [4.78, 5) is 11.6. The number of hydrogen-bond donors (Lipinski definition) is 0. The van der Waals surface area contributed by atoms with E-state index in [1.807, 2.05) is 24.3 Å². The van der Waals surface area contributed by atoms with Crippen LogP contribution >= 0.6 is 0 Å². The zero-order valence-corrected chi connectivity index (χ0v) is 19.1. The summed E-state index contributed by atoms with van der Waals surface area (Å²) in [6.45, 7) is 19.5. The van der Waals surface area contributed by atoms with E-state index in [0.717, 1.165) is 24.0 Å². The van der Waals surface area contributed by atoms with Gasteiger partial charge in [-0.2, -0.15) is 0 Å². The normalized spacial score (nSPS) is 16.4. The average Bonchev–Trinajstić information content (AvgIpc) is 2.70. The molecule has 30 heavy (non-hydrogen) atoms. The van der Waals surface area contributed by atoms with E-state index >= 15 is 0 Å². The second-order valence-corrected chi connectivity index (χ2v) is 9.82. The third-order valence-corrected chi connectivity index (χ3v) is 6.62. The van der Waals surface area contributed by atoms with Crippen LogP contribution in [0.5, 0.6) is 5.75 Å². The quantitative estimate of drug-likeness (QED) is 0.293. The lowest BCUT2D eigenvalue weighted by Crippen LogP contribution is -2.34. The van der Waals surface area contributed by atoms with Crippen LogP contribution in [0.15, 0.2) is 55.6 Å². The van der Waals surface area contributed by atoms with E-state index in [2.05, 4.69) is 59.9 Å². The molecule has 0 N–H and O–H groups in total. The van der Waals surface area contributed by atoms with Crippen LogP contribution in [-0.2, 0) is 22.0 Å². The van der Waals surface area contributed by atoms with Crippen LogP contribution in [0.25, 0.3) is 5.57 Å². The Bertz CT molecular complexity index is 992. The van der Waals surface area contributed by atoms with Crippen LogP contribution in [0, 0.1) is 6.92 Å². The van der Waals surface area contributed by atoms with E-state index in [9.17, 15) is 4.79 Å².